The van der Waals surface area contributed by atoms with Crippen molar-refractivity contribution in [1.82, 2.24) is 5.32 Å². The second-order valence-corrected chi connectivity index (χ2v) is 6.01. The highest BCUT2D eigenvalue weighted by molar-refractivity contribution is 6.34. The molecule has 6 heteroatoms. The van der Waals surface area contributed by atoms with Crippen molar-refractivity contribution in [1.29, 1.82) is 5.26 Å². The maximum Gasteiger partial charge on any atom is 0.259 e. The average molecular weight is 327 g/mol. The minimum atomic E-state index is -0.753. The average Bonchev–Trinajstić information content (AvgIpc) is 2.49. The minimum Gasteiger partial charge on any atom is -0.482 e. The topological polar surface area (TPSA) is 62.1 Å². The molecule has 1 aromatic rings. The Morgan fingerprint density at radius 3 is 2.71 bits per heavy atom. The van der Waals surface area contributed by atoms with E-state index in [0.29, 0.717) is 28.6 Å². The fourth-order valence-electron chi connectivity index (χ4n) is 2.45. The van der Waals surface area contributed by atoms with Crippen LogP contribution in [0.2, 0.25) is 10.0 Å². The molecule has 21 heavy (non-hydrogen) atoms. The lowest BCUT2D eigenvalue weighted by Crippen LogP contribution is -2.50. The Labute approximate surface area is 134 Å². The van der Waals surface area contributed by atoms with Gasteiger partial charge in [-0.3, -0.25) is 4.79 Å². The molecular weight excluding hydrogens is 311 g/mol. The van der Waals surface area contributed by atoms with Crippen molar-refractivity contribution in [2.45, 2.75) is 37.6 Å². The summed E-state index contributed by atoms with van der Waals surface area (Å²) in [5.41, 5.74) is -0.753. The lowest BCUT2D eigenvalue weighted by Gasteiger charge is -2.31. The standard InChI is InChI=1S/C15H16Cl2N2O2/c16-11-4-5-12(17)13(8-11)21-9-14(20)19-15(10-18)6-2-1-3-7-15/h4-5,8H,1-3,6-7,9H2,(H,19,20). The molecule has 0 unspecified atom stereocenters. The monoisotopic (exact) mass is 326 g/mol. The Hall–Kier alpha value is -1.44. The molecule has 1 amide bonds. The summed E-state index contributed by atoms with van der Waals surface area (Å²) >= 11 is 11.8. The zero-order chi connectivity index (χ0) is 15.3. The largest absolute Gasteiger partial charge is 0.482 e. The van der Waals surface area contributed by atoms with Crippen LogP contribution in [-0.2, 0) is 4.79 Å². The van der Waals surface area contributed by atoms with E-state index in [1.807, 2.05) is 0 Å². The van der Waals surface area contributed by atoms with Gasteiger partial charge in [0.1, 0.15) is 11.3 Å². The lowest BCUT2D eigenvalue weighted by molar-refractivity contribution is -0.124. The van der Waals surface area contributed by atoms with E-state index in [4.69, 9.17) is 27.9 Å². The molecule has 1 N–H and O–H groups in total. The molecule has 1 fully saturated rings. The van der Waals surface area contributed by atoms with Gasteiger partial charge in [-0.15, -0.1) is 0 Å². The SMILES string of the molecule is N#CC1(NC(=O)COc2cc(Cl)ccc2Cl)CCCCC1. The van der Waals surface area contributed by atoms with Crippen LogP contribution in [0.15, 0.2) is 18.2 Å². The highest BCUT2D eigenvalue weighted by atomic mass is 35.5. The number of hydrogen-bond donors (Lipinski definition) is 1. The maximum absolute atomic E-state index is 12.0. The highest BCUT2D eigenvalue weighted by Crippen LogP contribution is 2.29. The number of nitrogens with one attached hydrogen (secondary N) is 1. The lowest BCUT2D eigenvalue weighted by atomic mass is 9.83. The molecule has 0 atom stereocenters. The molecule has 1 aromatic carbocycles. The Balaban J connectivity index is 1.93. The molecule has 112 valence electrons. The predicted octanol–water partition coefficient (Wildman–Crippen LogP) is 3.71. The Bertz CT molecular complexity index is 563. The Morgan fingerprint density at radius 2 is 2.05 bits per heavy atom. The van der Waals surface area contributed by atoms with Gasteiger partial charge in [0.25, 0.3) is 5.91 Å². The van der Waals surface area contributed by atoms with Crippen LogP contribution in [0.4, 0.5) is 0 Å². The maximum atomic E-state index is 12.0. The number of nitriles is 1. The van der Waals surface area contributed by atoms with E-state index in [0.717, 1.165) is 19.3 Å². The third-order valence-electron chi connectivity index (χ3n) is 3.55. The number of benzene rings is 1. The molecule has 0 saturated heterocycles. The first kappa shape index (κ1) is 15.9. The smallest absolute Gasteiger partial charge is 0.259 e. The van der Waals surface area contributed by atoms with Crippen LogP contribution in [0.5, 0.6) is 5.75 Å². The van der Waals surface area contributed by atoms with E-state index in [1.54, 1.807) is 18.2 Å². The van der Waals surface area contributed by atoms with Gasteiger partial charge in [-0.1, -0.05) is 42.5 Å². The zero-order valence-corrected chi connectivity index (χ0v) is 13.0. The summed E-state index contributed by atoms with van der Waals surface area (Å²) in [6.45, 7) is -0.191. The van der Waals surface area contributed by atoms with E-state index >= 15 is 0 Å². The summed E-state index contributed by atoms with van der Waals surface area (Å²) in [5.74, 6) is 0.0310. The molecule has 1 aliphatic rings. The molecule has 0 radical (unpaired) electrons. The number of nitrogens with zero attached hydrogens (tertiary/aromatic N) is 1. The van der Waals surface area contributed by atoms with Crippen molar-refractivity contribution in [3.05, 3.63) is 28.2 Å². The van der Waals surface area contributed by atoms with E-state index < -0.39 is 5.54 Å². The summed E-state index contributed by atoms with van der Waals surface area (Å²) in [4.78, 5) is 12.0. The number of amides is 1. The van der Waals surface area contributed by atoms with E-state index in [-0.39, 0.29) is 12.5 Å². The molecule has 0 spiro atoms. The fourth-order valence-corrected chi connectivity index (χ4v) is 2.79. The molecule has 0 bridgehead atoms. The van der Waals surface area contributed by atoms with Gasteiger partial charge in [0.05, 0.1) is 11.1 Å². The number of ether oxygens (including phenoxy) is 1. The summed E-state index contributed by atoms with van der Waals surface area (Å²) in [6.07, 6.45) is 4.39. The van der Waals surface area contributed by atoms with Crippen molar-refractivity contribution >= 4 is 29.1 Å². The molecule has 0 aliphatic heterocycles. The third kappa shape index (κ3) is 4.26. The van der Waals surface area contributed by atoms with Crippen molar-refractivity contribution < 1.29 is 9.53 Å². The number of carbonyl (C=O) groups excluding carboxylic acids is 1. The molecule has 2 rings (SSSR count). The molecule has 0 aromatic heterocycles. The quantitative estimate of drug-likeness (QED) is 0.917. The van der Waals surface area contributed by atoms with Gasteiger partial charge < -0.3 is 10.1 Å². The van der Waals surface area contributed by atoms with Gasteiger partial charge >= 0.3 is 0 Å². The second-order valence-electron chi connectivity index (χ2n) is 5.17. The van der Waals surface area contributed by atoms with Gasteiger partial charge in [0.2, 0.25) is 0 Å². The van der Waals surface area contributed by atoms with Crippen molar-refractivity contribution in [2.75, 3.05) is 6.61 Å². The van der Waals surface area contributed by atoms with Crippen LogP contribution in [-0.4, -0.2) is 18.1 Å². The molecule has 1 aliphatic carbocycles. The Morgan fingerprint density at radius 1 is 1.33 bits per heavy atom. The first-order chi connectivity index (χ1) is 10.0. The summed E-state index contributed by atoms with van der Waals surface area (Å²) in [7, 11) is 0. The normalized spacial score (nSPS) is 16.8. The van der Waals surface area contributed by atoms with Crippen LogP contribution in [0.3, 0.4) is 0 Å². The van der Waals surface area contributed by atoms with Crippen LogP contribution in [0.25, 0.3) is 0 Å². The number of hydrogen-bond acceptors (Lipinski definition) is 3. The molecular formula is C15H16Cl2N2O2. The van der Waals surface area contributed by atoms with Crippen LogP contribution < -0.4 is 10.1 Å². The number of rotatable bonds is 4. The number of carbonyl (C=O) groups is 1. The van der Waals surface area contributed by atoms with Gasteiger partial charge in [-0.25, -0.2) is 0 Å². The highest BCUT2D eigenvalue weighted by Gasteiger charge is 2.33. The second kappa shape index (κ2) is 7.02. The predicted molar refractivity (Wildman–Crippen MR) is 81.5 cm³/mol. The first-order valence-electron chi connectivity index (χ1n) is 6.85. The summed E-state index contributed by atoms with van der Waals surface area (Å²) in [5, 5.41) is 13.0. The van der Waals surface area contributed by atoms with Crippen LogP contribution >= 0.6 is 23.2 Å². The van der Waals surface area contributed by atoms with Crippen molar-refractivity contribution in [2.24, 2.45) is 0 Å². The third-order valence-corrected chi connectivity index (χ3v) is 4.10. The summed E-state index contributed by atoms with van der Waals surface area (Å²) < 4.78 is 5.37. The number of halogens is 2. The minimum absolute atomic E-state index is 0.191. The van der Waals surface area contributed by atoms with Gasteiger partial charge in [-0.2, -0.15) is 5.26 Å². The zero-order valence-electron chi connectivity index (χ0n) is 11.5. The van der Waals surface area contributed by atoms with E-state index in [9.17, 15) is 10.1 Å². The van der Waals surface area contributed by atoms with Crippen molar-refractivity contribution in [3.63, 3.8) is 0 Å². The van der Waals surface area contributed by atoms with Gasteiger partial charge in [0, 0.05) is 11.1 Å². The molecule has 0 heterocycles. The van der Waals surface area contributed by atoms with E-state index in [1.165, 1.54) is 0 Å². The first-order valence-corrected chi connectivity index (χ1v) is 7.60. The molecule has 1 saturated carbocycles. The fraction of sp³-hybridized carbons (Fsp3) is 0.467. The molecule has 4 nitrogen and oxygen atoms in total. The summed E-state index contributed by atoms with van der Waals surface area (Å²) in [6, 6.07) is 7.03. The van der Waals surface area contributed by atoms with E-state index in [2.05, 4.69) is 11.4 Å². The van der Waals surface area contributed by atoms with Gasteiger partial charge in [-0.05, 0) is 25.0 Å². The van der Waals surface area contributed by atoms with Crippen molar-refractivity contribution in [3.8, 4) is 11.8 Å². The Kier molecular flexibility index (Phi) is 5.33. The van der Waals surface area contributed by atoms with Crippen LogP contribution in [0, 0.1) is 11.3 Å². The van der Waals surface area contributed by atoms with Gasteiger partial charge in [0.15, 0.2) is 6.61 Å². The van der Waals surface area contributed by atoms with Crippen LogP contribution in [0.1, 0.15) is 32.1 Å².